The van der Waals surface area contributed by atoms with E-state index in [4.69, 9.17) is 33.2 Å². The van der Waals surface area contributed by atoms with Crippen LogP contribution in [0.15, 0.2) is 23.0 Å². The Labute approximate surface area is 240 Å². The van der Waals surface area contributed by atoms with Gasteiger partial charge in [-0.1, -0.05) is 66.2 Å². The molecule has 0 aliphatic carbocycles. The number of allylic oxidation sites excluding steroid dienone is 2. The fraction of sp³-hybridized carbons (Fsp3) is 0.875. The van der Waals surface area contributed by atoms with Crippen LogP contribution in [-0.4, -0.2) is 52.2 Å². The minimum Gasteiger partial charge on any atom is -0.495 e. The molecular weight excluding hydrogens is 496 g/mol. The highest BCUT2D eigenvalue weighted by molar-refractivity contribution is 5.09. The zero-order valence-corrected chi connectivity index (χ0v) is 26.7. The molecule has 0 saturated carbocycles. The van der Waals surface area contributed by atoms with Crippen LogP contribution >= 0.6 is 0 Å². The van der Waals surface area contributed by atoms with Gasteiger partial charge in [0.1, 0.15) is 11.5 Å². The van der Waals surface area contributed by atoms with Crippen LogP contribution in [0.2, 0.25) is 0 Å². The monoisotopic (exact) mass is 558 g/mol. The van der Waals surface area contributed by atoms with E-state index in [1.54, 1.807) is 0 Å². The molecule has 0 amide bonds. The quantitative estimate of drug-likeness (QED) is 0.0539. The van der Waals surface area contributed by atoms with E-state index in [0.717, 1.165) is 88.6 Å². The zero-order valence-electron chi connectivity index (χ0n) is 26.7. The van der Waals surface area contributed by atoms with Gasteiger partial charge in [0, 0.05) is 12.8 Å². The molecule has 0 aromatic rings. The maximum Gasteiger partial charge on any atom is 0.223 e. The fourth-order valence-corrected chi connectivity index (χ4v) is 3.96. The van der Waals surface area contributed by atoms with Gasteiger partial charge in [-0.3, -0.25) is 0 Å². The van der Waals surface area contributed by atoms with Crippen LogP contribution in [0, 0.1) is 0 Å². The van der Waals surface area contributed by atoms with Gasteiger partial charge in [0.25, 0.3) is 0 Å². The first kappa shape index (κ1) is 37.6. The van der Waals surface area contributed by atoms with E-state index in [2.05, 4.69) is 27.7 Å². The topological polar surface area (TPSA) is 64.6 Å². The molecule has 2 unspecified atom stereocenters. The molecule has 232 valence electrons. The van der Waals surface area contributed by atoms with Gasteiger partial charge in [0.2, 0.25) is 12.6 Å². The summed E-state index contributed by atoms with van der Waals surface area (Å²) in [4.78, 5) is 0. The second-order valence-corrected chi connectivity index (χ2v) is 9.47. The van der Waals surface area contributed by atoms with Crippen molar-refractivity contribution in [3.63, 3.8) is 0 Å². The lowest BCUT2D eigenvalue weighted by atomic mass is 10.1. The Morgan fingerprint density at radius 3 is 1.10 bits per heavy atom. The highest BCUT2D eigenvalue weighted by Crippen LogP contribution is 2.28. The summed E-state index contributed by atoms with van der Waals surface area (Å²) in [7, 11) is 0. The molecule has 0 aliphatic heterocycles. The second kappa shape index (κ2) is 26.8. The summed E-state index contributed by atoms with van der Waals surface area (Å²) >= 11 is 0. The van der Waals surface area contributed by atoms with Crippen molar-refractivity contribution < 1.29 is 33.2 Å². The molecule has 0 fully saturated rings. The summed E-state index contributed by atoms with van der Waals surface area (Å²) in [5.41, 5.74) is 0. The predicted octanol–water partition coefficient (Wildman–Crippen LogP) is 9.02. The van der Waals surface area contributed by atoms with Gasteiger partial charge in [0.15, 0.2) is 11.5 Å². The van der Waals surface area contributed by atoms with Crippen LogP contribution in [-0.2, 0) is 33.2 Å². The first-order valence-electron chi connectivity index (χ1n) is 15.9. The molecule has 0 heterocycles. The third-order valence-electron chi connectivity index (χ3n) is 6.01. The van der Waals surface area contributed by atoms with E-state index < -0.39 is 12.6 Å². The lowest BCUT2D eigenvalue weighted by Crippen LogP contribution is -2.34. The van der Waals surface area contributed by atoms with Crippen molar-refractivity contribution in [2.75, 3.05) is 39.6 Å². The molecule has 0 aromatic heterocycles. The third kappa shape index (κ3) is 17.1. The minimum atomic E-state index is -0.791. The maximum atomic E-state index is 6.67. The molecule has 0 aromatic carbocycles. The molecule has 39 heavy (non-hydrogen) atoms. The number of rotatable bonds is 28. The molecule has 0 saturated heterocycles. The molecule has 0 radical (unpaired) electrons. The van der Waals surface area contributed by atoms with Gasteiger partial charge in [-0.15, -0.1) is 0 Å². The van der Waals surface area contributed by atoms with Crippen molar-refractivity contribution in [1.82, 2.24) is 0 Å². The first-order chi connectivity index (χ1) is 19.1. The van der Waals surface area contributed by atoms with E-state index in [9.17, 15) is 0 Å². The van der Waals surface area contributed by atoms with Crippen molar-refractivity contribution in [3.05, 3.63) is 23.0 Å². The van der Waals surface area contributed by atoms with E-state index in [1.165, 1.54) is 0 Å². The van der Waals surface area contributed by atoms with Crippen LogP contribution in [0.1, 0.15) is 132 Å². The Balaban J connectivity index is 6.61. The Kier molecular flexibility index (Phi) is 25.8. The maximum absolute atomic E-state index is 6.67. The van der Waals surface area contributed by atoms with Crippen LogP contribution in [0.5, 0.6) is 0 Å². The Hall–Kier alpha value is -1.44. The first-order valence-corrected chi connectivity index (χ1v) is 15.9. The van der Waals surface area contributed by atoms with E-state index in [0.29, 0.717) is 51.2 Å². The highest BCUT2D eigenvalue weighted by atomic mass is 16.8. The van der Waals surface area contributed by atoms with E-state index >= 15 is 0 Å². The molecule has 0 bridgehead atoms. The molecule has 0 spiro atoms. The predicted molar refractivity (Wildman–Crippen MR) is 159 cm³/mol. The molecule has 0 aliphatic rings. The third-order valence-corrected chi connectivity index (χ3v) is 6.01. The lowest BCUT2D eigenvalue weighted by molar-refractivity contribution is -0.242. The summed E-state index contributed by atoms with van der Waals surface area (Å²) in [6.07, 6.45) is 10.3. The van der Waals surface area contributed by atoms with Crippen molar-refractivity contribution in [2.24, 2.45) is 0 Å². The summed E-state index contributed by atoms with van der Waals surface area (Å²) in [5, 5.41) is 0. The zero-order chi connectivity index (χ0) is 29.1. The van der Waals surface area contributed by atoms with E-state index in [-0.39, 0.29) is 0 Å². The average Bonchev–Trinajstić information content (AvgIpc) is 2.93. The highest BCUT2D eigenvalue weighted by Gasteiger charge is 2.32. The average molecular weight is 559 g/mol. The largest absolute Gasteiger partial charge is 0.495 e. The molecule has 7 nitrogen and oxygen atoms in total. The van der Waals surface area contributed by atoms with Gasteiger partial charge in [-0.25, -0.2) is 0 Å². The number of hydrogen-bond donors (Lipinski definition) is 0. The fourth-order valence-electron chi connectivity index (χ4n) is 3.96. The lowest BCUT2D eigenvalue weighted by Gasteiger charge is -2.30. The van der Waals surface area contributed by atoms with Crippen molar-refractivity contribution in [2.45, 2.75) is 145 Å². The van der Waals surface area contributed by atoms with Crippen LogP contribution in [0.3, 0.4) is 0 Å². The normalized spacial score (nSPS) is 14.4. The van der Waals surface area contributed by atoms with Crippen molar-refractivity contribution >= 4 is 0 Å². The van der Waals surface area contributed by atoms with Crippen LogP contribution < -0.4 is 0 Å². The van der Waals surface area contributed by atoms with E-state index in [1.807, 2.05) is 27.7 Å². The second-order valence-electron chi connectivity index (χ2n) is 9.47. The molecule has 0 rings (SSSR count). The molecule has 0 N–H and O–H groups in total. The van der Waals surface area contributed by atoms with Gasteiger partial charge in [0.05, 0.1) is 39.6 Å². The summed E-state index contributed by atoms with van der Waals surface area (Å²) in [5.74, 6) is 2.76. The number of unbranched alkanes of at least 4 members (excludes halogenated alkanes) is 6. The van der Waals surface area contributed by atoms with Crippen LogP contribution in [0.4, 0.5) is 0 Å². The summed E-state index contributed by atoms with van der Waals surface area (Å²) in [6.45, 7) is 19.8. The Bertz CT molecular complexity index is 566. The van der Waals surface area contributed by atoms with Crippen molar-refractivity contribution in [3.8, 4) is 0 Å². The Morgan fingerprint density at radius 1 is 0.436 bits per heavy atom. The van der Waals surface area contributed by atoms with Gasteiger partial charge in [-0.05, 0) is 53.4 Å². The van der Waals surface area contributed by atoms with Crippen LogP contribution in [0.25, 0.3) is 0 Å². The van der Waals surface area contributed by atoms with Gasteiger partial charge >= 0.3 is 0 Å². The smallest absolute Gasteiger partial charge is 0.223 e. The number of hydrogen-bond acceptors (Lipinski definition) is 7. The summed E-state index contributed by atoms with van der Waals surface area (Å²) < 4.78 is 44.0. The molecule has 2 atom stereocenters. The Morgan fingerprint density at radius 2 is 0.795 bits per heavy atom. The minimum absolute atomic E-state index is 0.480. The number of ether oxygens (including phenoxy) is 7. The molecular formula is C32H62O7. The SMILES string of the molecule is CCCCCC(OCC)=C(OCC)C(OCCCC)OC(OCCCC)C(OCC)=C(CCCCC)OCC. The molecule has 7 heteroatoms. The van der Waals surface area contributed by atoms with Gasteiger partial charge < -0.3 is 33.2 Å². The standard InChI is InChI=1S/C32H62O7/c1-9-17-21-23-27(33-13-5)29(35-15-7)31(37-25-19-11-3)39-32(38-26-20-12-4)30(36-16-8)28(34-14-6)24-22-18-10-2/h31-32H,9-26H2,1-8H3. The van der Waals surface area contributed by atoms with Gasteiger partial charge in [-0.2, -0.15) is 0 Å². The summed E-state index contributed by atoms with van der Waals surface area (Å²) in [6, 6.07) is 0. The van der Waals surface area contributed by atoms with Crippen molar-refractivity contribution in [1.29, 1.82) is 0 Å².